The maximum Gasteiger partial charge on any atom is 0.0528 e. The average molecular weight is 261 g/mol. The molecule has 2 heteroatoms. The Labute approximate surface area is 117 Å². The van der Waals surface area contributed by atoms with Gasteiger partial charge in [-0.1, -0.05) is 29.8 Å². The van der Waals surface area contributed by atoms with Crippen molar-refractivity contribution in [1.29, 1.82) is 0 Å². The van der Waals surface area contributed by atoms with Crippen molar-refractivity contribution in [1.82, 2.24) is 4.90 Å². The molecule has 1 fully saturated rings. The maximum absolute atomic E-state index is 9.93. The van der Waals surface area contributed by atoms with Crippen LogP contribution in [0.1, 0.15) is 44.7 Å². The number of rotatable bonds is 2. The minimum atomic E-state index is -0.0323. The minimum absolute atomic E-state index is 0.0323. The summed E-state index contributed by atoms with van der Waals surface area (Å²) < 4.78 is 0. The zero-order valence-corrected chi connectivity index (χ0v) is 12.7. The van der Waals surface area contributed by atoms with Crippen molar-refractivity contribution in [3.63, 3.8) is 0 Å². The molecule has 0 bridgehead atoms. The van der Waals surface area contributed by atoms with Gasteiger partial charge in [-0.3, -0.25) is 4.90 Å². The second kappa shape index (κ2) is 5.26. The standard InChI is InChI=1S/C17H27NO/c1-14-5-7-15(8-6-14)17(13-19)9-11-18(12-10-17)16(2,3)4/h5-8,19H,9-13H2,1-4H3. The van der Waals surface area contributed by atoms with Gasteiger partial charge in [0.25, 0.3) is 0 Å². The first-order valence-corrected chi connectivity index (χ1v) is 7.30. The summed E-state index contributed by atoms with van der Waals surface area (Å²) in [7, 11) is 0. The fraction of sp³-hybridized carbons (Fsp3) is 0.647. The Bertz CT molecular complexity index is 408. The van der Waals surface area contributed by atoms with Crippen LogP contribution >= 0.6 is 0 Å². The molecule has 0 unspecified atom stereocenters. The van der Waals surface area contributed by atoms with Crippen LogP contribution in [0.4, 0.5) is 0 Å². The molecule has 1 N–H and O–H groups in total. The molecular weight excluding hydrogens is 234 g/mol. The zero-order valence-electron chi connectivity index (χ0n) is 12.7. The number of aliphatic hydroxyl groups is 1. The summed E-state index contributed by atoms with van der Waals surface area (Å²) in [4.78, 5) is 2.52. The molecule has 1 aromatic carbocycles. The highest BCUT2D eigenvalue weighted by Gasteiger charge is 2.38. The third-order valence-corrected chi connectivity index (χ3v) is 4.64. The Hall–Kier alpha value is -0.860. The van der Waals surface area contributed by atoms with Gasteiger partial charge in [-0.25, -0.2) is 0 Å². The highest BCUT2D eigenvalue weighted by Crippen LogP contribution is 2.37. The Kier molecular flexibility index (Phi) is 4.03. The summed E-state index contributed by atoms with van der Waals surface area (Å²) in [6.07, 6.45) is 2.09. The molecule has 0 aliphatic carbocycles. The predicted molar refractivity (Wildman–Crippen MR) is 80.5 cm³/mol. The molecule has 1 heterocycles. The summed E-state index contributed by atoms with van der Waals surface area (Å²) in [6.45, 7) is 11.3. The topological polar surface area (TPSA) is 23.5 Å². The van der Waals surface area contributed by atoms with Crippen LogP contribution in [0.2, 0.25) is 0 Å². The SMILES string of the molecule is Cc1ccc(C2(CO)CCN(C(C)(C)C)CC2)cc1. The molecule has 0 radical (unpaired) electrons. The highest BCUT2D eigenvalue weighted by atomic mass is 16.3. The molecule has 0 amide bonds. The van der Waals surface area contributed by atoms with Crippen LogP contribution in [-0.2, 0) is 5.41 Å². The van der Waals surface area contributed by atoms with Crippen LogP contribution in [-0.4, -0.2) is 35.2 Å². The molecule has 19 heavy (non-hydrogen) atoms. The first kappa shape index (κ1) is 14.5. The van der Waals surface area contributed by atoms with Crippen LogP contribution in [0.15, 0.2) is 24.3 Å². The lowest BCUT2D eigenvalue weighted by Gasteiger charge is -2.46. The van der Waals surface area contributed by atoms with Crippen LogP contribution < -0.4 is 0 Å². The number of aliphatic hydroxyl groups excluding tert-OH is 1. The van der Waals surface area contributed by atoms with E-state index in [4.69, 9.17) is 0 Å². The normalized spacial score (nSPS) is 20.5. The largest absolute Gasteiger partial charge is 0.395 e. The van der Waals surface area contributed by atoms with Gasteiger partial charge in [0, 0.05) is 11.0 Å². The van der Waals surface area contributed by atoms with Gasteiger partial charge < -0.3 is 5.11 Å². The smallest absolute Gasteiger partial charge is 0.0528 e. The zero-order chi connectivity index (χ0) is 14.1. The quantitative estimate of drug-likeness (QED) is 0.884. The molecule has 1 saturated heterocycles. The fourth-order valence-corrected chi connectivity index (χ4v) is 3.05. The van der Waals surface area contributed by atoms with Gasteiger partial charge in [-0.2, -0.15) is 0 Å². The molecule has 2 nitrogen and oxygen atoms in total. The molecule has 2 rings (SSSR count). The Morgan fingerprint density at radius 1 is 1.11 bits per heavy atom. The van der Waals surface area contributed by atoms with Gasteiger partial charge in [0.05, 0.1) is 6.61 Å². The number of nitrogens with zero attached hydrogens (tertiary/aromatic N) is 1. The van der Waals surface area contributed by atoms with Crippen molar-refractivity contribution in [2.24, 2.45) is 0 Å². The number of likely N-dealkylation sites (tertiary alicyclic amines) is 1. The Balaban J connectivity index is 2.16. The number of benzene rings is 1. The van der Waals surface area contributed by atoms with Gasteiger partial charge in [-0.05, 0) is 59.2 Å². The molecule has 106 valence electrons. The average Bonchev–Trinajstić information content (AvgIpc) is 2.38. The summed E-state index contributed by atoms with van der Waals surface area (Å²) in [5.41, 5.74) is 2.78. The maximum atomic E-state index is 9.93. The number of hydrogen-bond donors (Lipinski definition) is 1. The van der Waals surface area contributed by atoms with E-state index in [1.54, 1.807) is 0 Å². The van der Waals surface area contributed by atoms with Crippen molar-refractivity contribution in [3.05, 3.63) is 35.4 Å². The van der Waals surface area contributed by atoms with Crippen molar-refractivity contribution in [2.75, 3.05) is 19.7 Å². The van der Waals surface area contributed by atoms with Crippen molar-refractivity contribution in [3.8, 4) is 0 Å². The second-order valence-electron chi connectivity index (χ2n) is 6.96. The van der Waals surface area contributed by atoms with Crippen molar-refractivity contribution < 1.29 is 5.11 Å². The first-order chi connectivity index (χ1) is 8.87. The van der Waals surface area contributed by atoms with E-state index in [1.807, 2.05) is 0 Å². The van der Waals surface area contributed by atoms with Crippen molar-refractivity contribution >= 4 is 0 Å². The summed E-state index contributed by atoms with van der Waals surface area (Å²) in [6, 6.07) is 8.70. The predicted octanol–water partition coefficient (Wildman–Crippen LogP) is 3.12. The van der Waals surface area contributed by atoms with E-state index in [9.17, 15) is 5.11 Å². The minimum Gasteiger partial charge on any atom is -0.395 e. The first-order valence-electron chi connectivity index (χ1n) is 7.30. The molecule has 0 spiro atoms. The van der Waals surface area contributed by atoms with E-state index in [-0.39, 0.29) is 17.6 Å². The fourth-order valence-electron chi connectivity index (χ4n) is 3.05. The molecule has 1 aliphatic heterocycles. The van der Waals surface area contributed by atoms with E-state index >= 15 is 0 Å². The van der Waals surface area contributed by atoms with E-state index in [0.717, 1.165) is 25.9 Å². The van der Waals surface area contributed by atoms with Crippen LogP contribution in [0.3, 0.4) is 0 Å². The summed E-state index contributed by atoms with van der Waals surface area (Å²) >= 11 is 0. The number of piperidine rings is 1. The lowest BCUT2D eigenvalue weighted by Crippen LogP contribution is -2.51. The number of hydrogen-bond acceptors (Lipinski definition) is 2. The van der Waals surface area contributed by atoms with Gasteiger partial charge in [0.2, 0.25) is 0 Å². The van der Waals surface area contributed by atoms with Crippen LogP contribution in [0.5, 0.6) is 0 Å². The Morgan fingerprint density at radius 2 is 1.63 bits per heavy atom. The van der Waals surface area contributed by atoms with E-state index in [1.165, 1.54) is 11.1 Å². The molecule has 0 saturated carbocycles. The lowest BCUT2D eigenvalue weighted by molar-refractivity contribution is 0.0492. The molecular formula is C17H27NO. The summed E-state index contributed by atoms with van der Waals surface area (Å²) in [5, 5.41) is 9.93. The summed E-state index contributed by atoms with van der Waals surface area (Å²) in [5.74, 6) is 0. The lowest BCUT2D eigenvalue weighted by atomic mass is 9.72. The second-order valence-corrected chi connectivity index (χ2v) is 6.96. The van der Waals surface area contributed by atoms with E-state index < -0.39 is 0 Å². The van der Waals surface area contributed by atoms with Crippen LogP contribution in [0.25, 0.3) is 0 Å². The molecule has 0 aromatic heterocycles. The van der Waals surface area contributed by atoms with E-state index in [2.05, 4.69) is 56.9 Å². The van der Waals surface area contributed by atoms with E-state index in [0.29, 0.717) is 0 Å². The van der Waals surface area contributed by atoms with Crippen molar-refractivity contribution in [2.45, 2.75) is 51.5 Å². The monoisotopic (exact) mass is 261 g/mol. The molecule has 0 atom stereocenters. The highest BCUT2D eigenvalue weighted by molar-refractivity contribution is 5.29. The van der Waals surface area contributed by atoms with Gasteiger partial charge in [-0.15, -0.1) is 0 Å². The van der Waals surface area contributed by atoms with Crippen LogP contribution in [0, 0.1) is 6.92 Å². The molecule has 1 aromatic rings. The molecule has 1 aliphatic rings. The Morgan fingerprint density at radius 3 is 2.05 bits per heavy atom. The third-order valence-electron chi connectivity index (χ3n) is 4.64. The van der Waals surface area contributed by atoms with Gasteiger partial charge >= 0.3 is 0 Å². The van der Waals surface area contributed by atoms with Gasteiger partial charge in [0.1, 0.15) is 0 Å². The van der Waals surface area contributed by atoms with Gasteiger partial charge in [0.15, 0.2) is 0 Å². The number of aryl methyl sites for hydroxylation is 1. The third kappa shape index (κ3) is 3.01.